The fourth-order valence-electron chi connectivity index (χ4n) is 2.02. The van der Waals surface area contributed by atoms with Crippen LogP contribution in [0.3, 0.4) is 0 Å². The number of benzene rings is 1. The molecule has 0 aromatic heterocycles. The van der Waals surface area contributed by atoms with Crippen molar-refractivity contribution < 1.29 is 14.0 Å². The van der Waals surface area contributed by atoms with Gasteiger partial charge in [-0.15, -0.1) is 0 Å². The second kappa shape index (κ2) is 4.33. The molecule has 1 fully saturated rings. The monoisotopic (exact) mass is 262 g/mol. The van der Waals surface area contributed by atoms with Crippen molar-refractivity contribution in [2.24, 2.45) is 5.16 Å². The van der Waals surface area contributed by atoms with Crippen molar-refractivity contribution in [3.05, 3.63) is 35.6 Å². The number of nitrogens with one attached hydrogen (secondary N) is 1. The average Bonchev–Trinajstić information content (AvgIpc) is 3.11. The number of halogens is 1. The lowest BCUT2D eigenvalue weighted by molar-refractivity contribution is -0.141. The van der Waals surface area contributed by atoms with Gasteiger partial charge in [-0.25, -0.2) is 4.39 Å². The Kier molecular flexibility index (Phi) is 2.77. The van der Waals surface area contributed by atoms with Crippen molar-refractivity contribution in [3.8, 4) is 0 Å². The molecule has 0 bridgehead atoms. The summed E-state index contributed by atoms with van der Waals surface area (Å²) in [5.74, 6) is -0.423. The smallest absolute Gasteiger partial charge is 0.267 e. The van der Waals surface area contributed by atoms with Gasteiger partial charge in [-0.2, -0.15) is 0 Å². The Bertz CT molecular complexity index is 537. The van der Waals surface area contributed by atoms with Crippen LogP contribution in [0.15, 0.2) is 29.4 Å². The number of hydrogen-bond donors (Lipinski definition) is 1. The van der Waals surface area contributed by atoms with Crippen LogP contribution < -0.4 is 5.32 Å². The van der Waals surface area contributed by atoms with Crippen molar-refractivity contribution in [3.63, 3.8) is 0 Å². The molecular formula is C14H15FN2O2. The average molecular weight is 262 g/mol. The summed E-state index contributed by atoms with van der Waals surface area (Å²) in [7, 11) is 0. The van der Waals surface area contributed by atoms with Gasteiger partial charge < -0.3 is 10.2 Å². The van der Waals surface area contributed by atoms with Gasteiger partial charge in [-0.05, 0) is 37.5 Å². The van der Waals surface area contributed by atoms with Crippen LogP contribution in [-0.2, 0) is 9.63 Å². The zero-order chi connectivity index (χ0) is 13.5. The van der Waals surface area contributed by atoms with Crippen LogP contribution in [0, 0.1) is 5.82 Å². The molecule has 100 valence electrons. The molecule has 1 aliphatic carbocycles. The third kappa shape index (κ3) is 2.45. The molecule has 1 aromatic carbocycles. The quantitative estimate of drug-likeness (QED) is 0.905. The van der Waals surface area contributed by atoms with Crippen molar-refractivity contribution in [2.45, 2.75) is 37.8 Å². The van der Waals surface area contributed by atoms with Crippen LogP contribution in [0.1, 0.15) is 31.7 Å². The maximum absolute atomic E-state index is 12.9. The molecule has 2 aliphatic rings. The molecule has 0 spiro atoms. The van der Waals surface area contributed by atoms with Crippen LogP contribution >= 0.6 is 0 Å². The van der Waals surface area contributed by atoms with E-state index in [0.29, 0.717) is 18.2 Å². The Balaban J connectivity index is 1.70. The van der Waals surface area contributed by atoms with Crippen molar-refractivity contribution in [1.29, 1.82) is 0 Å². The summed E-state index contributed by atoms with van der Waals surface area (Å²) in [4.78, 5) is 17.4. The predicted octanol–water partition coefficient (Wildman–Crippen LogP) is 1.99. The lowest BCUT2D eigenvalue weighted by atomic mass is 9.95. The highest BCUT2D eigenvalue weighted by molar-refractivity contribution is 6.05. The van der Waals surface area contributed by atoms with Gasteiger partial charge in [0.15, 0.2) is 0 Å². The molecule has 1 heterocycles. The van der Waals surface area contributed by atoms with Gasteiger partial charge in [0.2, 0.25) is 5.60 Å². The standard InChI is InChI=1S/C14H15FN2O2/c1-14(13(18)16-11-6-7-11)8-12(17-19-14)9-2-4-10(15)5-3-9/h2-5,11H,6-8H2,1H3,(H,16,18). The molecule has 4 nitrogen and oxygen atoms in total. The predicted molar refractivity (Wildman–Crippen MR) is 68.2 cm³/mol. The molecule has 0 radical (unpaired) electrons. The third-order valence-corrected chi connectivity index (χ3v) is 3.43. The molecule has 1 saturated carbocycles. The van der Waals surface area contributed by atoms with Crippen molar-refractivity contribution >= 4 is 11.6 Å². The van der Waals surface area contributed by atoms with E-state index in [-0.39, 0.29) is 11.7 Å². The minimum atomic E-state index is -0.952. The highest BCUT2D eigenvalue weighted by atomic mass is 19.1. The summed E-state index contributed by atoms with van der Waals surface area (Å²) in [6.45, 7) is 1.73. The van der Waals surface area contributed by atoms with Crippen molar-refractivity contribution in [2.75, 3.05) is 0 Å². The first-order valence-corrected chi connectivity index (χ1v) is 6.39. The SMILES string of the molecule is CC1(C(=O)NC2CC2)CC(c2ccc(F)cc2)=NO1. The van der Waals surface area contributed by atoms with E-state index in [0.717, 1.165) is 18.4 Å². The van der Waals surface area contributed by atoms with Crippen LogP contribution in [0.5, 0.6) is 0 Å². The van der Waals surface area contributed by atoms with E-state index >= 15 is 0 Å². The zero-order valence-corrected chi connectivity index (χ0v) is 10.6. The molecule has 19 heavy (non-hydrogen) atoms. The van der Waals surface area contributed by atoms with Gasteiger partial charge in [0.25, 0.3) is 5.91 Å². The Labute approximate surface area is 110 Å². The van der Waals surface area contributed by atoms with E-state index in [4.69, 9.17) is 4.84 Å². The van der Waals surface area contributed by atoms with Gasteiger partial charge in [0.1, 0.15) is 5.82 Å². The molecule has 1 unspecified atom stereocenters. The number of oxime groups is 1. The van der Waals surface area contributed by atoms with Crippen LogP contribution in [0.4, 0.5) is 4.39 Å². The van der Waals surface area contributed by atoms with Crippen molar-refractivity contribution in [1.82, 2.24) is 5.32 Å². The maximum Gasteiger partial charge on any atom is 0.267 e. The van der Waals surface area contributed by atoms with Gasteiger partial charge in [-0.1, -0.05) is 17.3 Å². The molecule has 1 aliphatic heterocycles. The normalized spacial score (nSPS) is 25.7. The number of nitrogens with zero attached hydrogens (tertiary/aromatic N) is 1. The van der Waals surface area contributed by atoms with Crippen LogP contribution in [0.25, 0.3) is 0 Å². The number of rotatable bonds is 3. The summed E-state index contributed by atoms with van der Waals surface area (Å²) in [5, 5.41) is 6.89. The molecule has 0 saturated heterocycles. The topological polar surface area (TPSA) is 50.7 Å². The summed E-state index contributed by atoms with van der Waals surface area (Å²) >= 11 is 0. The number of amides is 1. The molecule has 1 N–H and O–H groups in total. The largest absolute Gasteiger partial charge is 0.379 e. The van der Waals surface area contributed by atoms with E-state index < -0.39 is 5.60 Å². The lowest BCUT2D eigenvalue weighted by Crippen LogP contribution is -2.45. The Morgan fingerprint density at radius 1 is 1.42 bits per heavy atom. The third-order valence-electron chi connectivity index (χ3n) is 3.43. The first-order valence-electron chi connectivity index (χ1n) is 6.39. The number of carbonyl (C=O) groups excluding carboxylic acids is 1. The highest BCUT2D eigenvalue weighted by Crippen LogP contribution is 2.28. The molecule has 1 amide bonds. The maximum atomic E-state index is 12.9. The summed E-state index contributed by atoms with van der Waals surface area (Å²) in [6, 6.07) is 6.32. The van der Waals surface area contributed by atoms with Crippen LogP contribution in [-0.4, -0.2) is 23.3 Å². The van der Waals surface area contributed by atoms with E-state index in [1.54, 1.807) is 19.1 Å². The molecule has 3 rings (SSSR count). The highest BCUT2D eigenvalue weighted by Gasteiger charge is 2.43. The molecule has 5 heteroatoms. The minimum absolute atomic E-state index is 0.129. The van der Waals surface area contributed by atoms with E-state index in [9.17, 15) is 9.18 Å². The summed E-state index contributed by atoms with van der Waals surface area (Å²) in [5.41, 5.74) is 0.504. The van der Waals surface area contributed by atoms with Crippen LogP contribution in [0.2, 0.25) is 0 Å². The van der Waals surface area contributed by atoms with E-state index in [1.807, 2.05) is 0 Å². The Morgan fingerprint density at radius 3 is 2.74 bits per heavy atom. The zero-order valence-electron chi connectivity index (χ0n) is 10.6. The van der Waals surface area contributed by atoms with E-state index in [2.05, 4.69) is 10.5 Å². The first kappa shape index (κ1) is 12.1. The van der Waals surface area contributed by atoms with Gasteiger partial charge in [0.05, 0.1) is 5.71 Å². The molecule has 1 atom stereocenters. The molecular weight excluding hydrogens is 247 g/mol. The fraction of sp³-hybridized carbons (Fsp3) is 0.429. The van der Waals surface area contributed by atoms with Gasteiger partial charge in [-0.3, -0.25) is 4.79 Å². The number of carbonyl (C=O) groups is 1. The Hall–Kier alpha value is -1.91. The Morgan fingerprint density at radius 2 is 2.11 bits per heavy atom. The second-order valence-corrected chi connectivity index (χ2v) is 5.29. The number of hydrogen-bond acceptors (Lipinski definition) is 3. The molecule has 1 aromatic rings. The minimum Gasteiger partial charge on any atom is -0.379 e. The lowest BCUT2D eigenvalue weighted by Gasteiger charge is -2.20. The fourth-order valence-corrected chi connectivity index (χ4v) is 2.02. The first-order chi connectivity index (χ1) is 9.07. The summed E-state index contributed by atoms with van der Waals surface area (Å²) in [6.07, 6.45) is 2.47. The van der Waals surface area contributed by atoms with Gasteiger partial charge >= 0.3 is 0 Å². The summed E-state index contributed by atoms with van der Waals surface area (Å²) < 4.78 is 12.9. The van der Waals surface area contributed by atoms with E-state index in [1.165, 1.54) is 12.1 Å². The van der Waals surface area contributed by atoms with Gasteiger partial charge in [0, 0.05) is 12.5 Å². The second-order valence-electron chi connectivity index (χ2n) is 5.29.